The average molecular weight is 367 g/mol. The van der Waals surface area contributed by atoms with Crippen LogP contribution < -0.4 is 0 Å². The lowest BCUT2D eigenvalue weighted by molar-refractivity contribution is 0.141. The Morgan fingerprint density at radius 2 is 1.35 bits per heavy atom. The van der Waals surface area contributed by atoms with E-state index in [0.717, 1.165) is 30.2 Å². The maximum absolute atomic E-state index is 13.7. The lowest BCUT2D eigenvalue weighted by atomic mass is 9.68. The minimum atomic E-state index is -1.35. The normalized spacial score (nSPS) is 29.7. The van der Waals surface area contributed by atoms with Crippen LogP contribution in [0.2, 0.25) is 0 Å². The van der Waals surface area contributed by atoms with Gasteiger partial charge in [-0.15, -0.1) is 0 Å². The topological polar surface area (TPSA) is 12.9 Å². The molecule has 3 rings (SSSR count). The Labute approximate surface area is 155 Å². The molecule has 0 bridgehead atoms. The first-order chi connectivity index (χ1) is 12.6. The highest BCUT2D eigenvalue weighted by atomic mass is 19.2. The summed E-state index contributed by atoms with van der Waals surface area (Å²) in [4.78, 5) is 3.02. The van der Waals surface area contributed by atoms with E-state index in [0.29, 0.717) is 12.3 Å². The molecule has 4 heteroatoms. The van der Waals surface area contributed by atoms with E-state index in [1.165, 1.54) is 64.2 Å². The van der Waals surface area contributed by atoms with E-state index < -0.39 is 17.7 Å². The second kappa shape index (κ2) is 9.23. The summed E-state index contributed by atoms with van der Waals surface area (Å²) in [6.45, 7) is 2.29. The fourth-order valence-corrected chi connectivity index (χ4v) is 5.32. The van der Waals surface area contributed by atoms with Crippen LogP contribution in [0.25, 0.3) is 0 Å². The Balaban J connectivity index is 1.41. The number of hydrogen-bond donors (Lipinski definition) is 0. The van der Waals surface area contributed by atoms with Gasteiger partial charge in [0.25, 0.3) is 5.95 Å². The van der Waals surface area contributed by atoms with E-state index in [2.05, 4.69) is 11.9 Å². The maximum Gasteiger partial charge on any atom is 0.251 e. The van der Waals surface area contributed by atoms with Crippen LogP contribution in [-0.2, 0) is 6.42 Å². The molecule has 0 spiro atoms. The second-order valence-corrected chi connectivity index (χ2v) is 8.60. The summed E-state index contributed by atoms with van der Waals surface area (Å²) in [5, 5.41) is 0. The van der Waals surface area contributed by atoms with Gasteiger partial charge in [0.1, 0.15) is 0 Å². The van der Waals surface area contributed by atoms with Crippen LogP contribution in [-0.4, -0.2) is 4.98 Å². The van der Waals surface area contributed by atoms with Crippen LogP contribution in [0, 0.1) is 41.4 Å². The Morgan fingerprint density at radius 3 is 1.88 bits per heavy atom. The van der Waals surface area contributed by atoms with Gasteiger partial charge in [-0.25, -0.2) is 4.39 Å². The van der Waals surface area contributed by atoms with Gasteiger partial charge in [0.05, 0.1) is 0 Å². The summed E-state index contributed by atoms with van der Waals surface area (Å²) in [5.74, 6) is 0.0698. The van der Waals surface area contributed by atoms with E-state index in [4.69, 9.17) is 0 Å². The molecule has 1 nitrogen and oxygen atoms in total. The molecule has 2 fully saturated rings. The molecule has 146 valence electrons. The predicted octanol–water partition coefficient (Wildman–Crippen LogP) is 6.84. The van der Waals surface area contributed by atoms with Gasteiger partial charge in [-0.1, -0.05) is 45.4 Å². The Hall–Kier alpha value is -1.06. The molecule has 0 atom stereocenters. The van der Waals surface area contributed by atoms with E-state index in [1.807, 2.05) is 0 Å². The van der Waals surface area contributed by atoms with E-state index in [1.54, 1.807) is 0 Å². The first-order valence-electron chi connectivity index (χ1n) is 10.6. The SMILES string of the molecule is CCCC1CCC(C2CCC(CCc3cc(F)c(F)nc3F)CC2)CC1. The minimum absolute atomic E-state index is 0.209. The van der Waals surface area contributed by atoms with Gasteiger partial charge < -0.3 is 0 Å². The largest absolute Gasteiger partial charge is 0.251 e. The number of nitrogens with zero attached hydrogens (tertiary/aromatic N) is 1. The highest BCUT2D eigenvalue weighted by molar-refractivity contribution is 5.13. The molecule has 0 aliphatic heterocycles. The van der Waals surface area contributed by atoms with Gasteiger partial charge in [-0.3, -0.25) is 0 Å². The number of aryl methyl sites for hydroxylation is 1. The molecule has 2 aliphatic rings. The van der Waals surface area contributed by atoms with Crippen LogP contribution in [0.4, 0.5) is 13.2 Å². The molecule has 2 saturated carbocycles. The summed E-state index contributed by atoms with van der Waals surface area (Å²) in [7, 11) is 0. The Kier molecular flexibility index (Phi) is 6.99. The Morgan fingerprint density at radius 1 is 0.808 bits per heavy atom. The number of aromatic nitrogens is 1. The van der Waals surface area contributed by atoms with Crippen LogP contribution in [0.3, 0.4) is 0 Å². The van der Waals surface area contributed by atoms with Gasteiger partial charge in [0.15, 0.2) is 5.82 Å². The third-order valence-corrected chi connectivity index (χ3v) is 6.93. The van der Waals surface area contributed by atoms with Gasteiger partial charge in [-0.05, 0) is 68.3 Å². The van der Waals surface area contributed by atoms with Gasteiger partial charge in [0, 0.05) is 5.56 Å². The van der Waals surface area contributed by atoms with Crippen LogP contribution in [0.1, 0.15) is 83.1 Å². The molecular weight excluding hydrogens is 335 g/mol. The van der Waals surface area contributed by atoms with Crippen molar-refractivity contribution in [3.05, 3.63) is 29.3 Å². The van der Waals surface area contributed by atoms with Gasteiger partial charge >= 0.3 is 0 Å². The molecule has 1 heterocycles. The van der Waals surface area contributed by atoms with Crippen molar-refractivity contribution in [3.8, 4) is 0 Å². The van der Waals surface area contributed by atoms with Crippen molar-refractivity contribution in [1.29, 1.82) is 0 Å². The summed E-state index contributed by atoms with van der Waals surface area (Å²) in [6.07, 6.45) is 14.6. The number of halogens is 3. The van der Waals surface area contributed by atoms with Crippen molar-refractivity contribution in [2.45, 2.75) is 84.0 Å². The van der Waals surface area contributed by atoms with Crippen molar-refractivity contribution in [3.63, 3.8) is 0 Å². The average Bonchev–Trinajstić information content (AvgIpc) is 2.65. The highest BCUT2D eigenvalue weighted by Gasteiger charge is 2.30. The third kappa shape index (κ3) is 5.01. The zero-order valence-corrected chi connectivity index (χ0v) is 16.0. The molecule has 1 aromatic heterocycles. The molecule has 0 unspecified atom stereocenters. The molecule has 0 N–H and O–H groups in total. The minimum Gasteiger partial charge on any atom is -0.202 e. The Bertz CT molecular complexity index is 573. The molecule has 2 aliphatic carbocycles. The molecule has 0 amide bonds. The summed E-state index contributed by atoms with van der Waals surface area (Å²) < 4.78 is 39.8. The highest BCUT2D eigenvalue weighted by Crippen LogP contribution is 2.42. The fraction of sp³-hybridized carbons (Fsp3) is 0.773. The third-order valence-electron chi connectivity index (χ3n) is 6.93. The first kappa shape index (κ1) is 19.7. The van der Waals surface area contributed by atoms with E-state index >= 15 is 0 Å². The lowest BCUT2D eigenvalue weighted by Crippen LogP contribution is -2.26. The van der Waals surface area contributed by atoms with Gasteiger partial charge in [-0.2, -0.15) is 13.8 Å². The van der Waals surface area contributed by atoms with Crippen molar-refractivity contribution < 1.29 is 13.2 Å². The molecule has 1 aromatic rings. The zero-order valence-electron chi connectivity index (χ0n) is 16.0. The van der Waals surface area contributed by atoms with Crippen molar-refractivity contribution in [1.82, 2.24) is 4.98 Å². The van der Waals surface area contributed by atoms with Crippen LogP contribution in [0.15, 0.2) is 6.07 Å². The smallest absolute Gasteiger partial charge is 0.202 e. The molecule has 0 saturated heterocycles. The summed E-state index contributed by atoms with van der Waals surface area (Å²) >= 11 is 0. The van der Waals surface area contributed by atoms with Crippen molar-refractivity contribution in [2.24, 2.45) is 23.7 Å². The first-order valence-corrected chi connectivity index (χ1v) is 10.6. The van der Waals surface area contributed by atoms with Gasteiger partial charge in [0.2, 0.25) is 5.95 Å². The standard InChI is InChI=1S/C22H32F3N/c1-2-3-15-4-9-17(10-5-15)18-11-6-16(7-12-18)8-13-19-14-20(23)22(25)26-21(19)24/h14-18H,2-13H2,1H3. The van der Waals surface area contributed by atoms with E-state index in [-0.39, 0.29) is 5.56 Å². The van der Waals surface area contributed by atoms with Crippen molar-refractivity contribution >= 4 is 0 Å². The second-order valence-electron chi connectivity index (χ2n) is 8.60. The number of pyridine rings is 1. The van der Waals surface area contributed by atoms with Crippen LogP contribution in [0.5, 0.6) is 0 Å². The summed E-state index contributed by atoms with van der Waals surface area (Å²) in [6, 6.07) is 0.970. The molecule has 26 heavy (non-hydrogen) atoms. The number of hydrogen-bond acceptors (Lipinski definition) is 1. The zero-order chi connectivity index (χ0) is 18.5. The van der Waals surface area contributed by atoms with E-state index in [9.17, 15) is 13.2 Å². The quantitative estimate of drug-likeness (QED) is 0.501. The molecule has 0 aromatic carbocycles. The van der Waals surface area contributed by atoms with Crippen LogP contribution >= 0.6 is 0 Å². The number of rotatable bonds is 6. The predicted molar refractivity (Wildman–Crippen MR) is 98.2 cm³/mol. The van der Waals surface area contributed by atoms with Crippen molar-refractivity contribution in [2.75, 3.05) is 0 Å². The molecule has 0 radical (unpaired) electrons. The monoisotopic (exact) mass is 367 g/mol. The summed E-state index contributed by atoms with van der Waals surface area (Å²) in [5.41, 5.74) is 0.209. The molecular formula is C22H32F3N. The maximum atomic E-state index is 13.7. The fourth-order valence-electron chi connectivity index (χ4n) is 5.32. The lowest BCUT2D eigenvalue weighted by Gasteiger charge is -2.38.